The average molecular weight is 225 g/mol. The maximum atomic E-state index is 11.8. The van der Waals surface area contributed by atoms with Crippen molar-refractivity contribution < 1.29 is 4.79 Å². The highest BCUT2D eigenvalue weighted by molar-refractivity contribution is 6.22. The molecule has 15 heavy (non-hydrogen) atoms. The maximum Gasteiger partial charge on any atom is 0.164 e. The Morgan fingerprint density at radius 1 is 1.27 bits per heavy atom. The van der Waals surface area contributed by atoms with Gasteiger partial charge >= 0.3 is 0 Å². The van der Waals surface area contributed by atoms with E-state index in [-0.39, 0.29) is 16.6 Å². The fourth-order valence-electron chi connectivity index (χ4n) is 1.21. The summed E-state index contributed by atoms with van der Waals surface area (Å²) >= 11 is 6.18. The third-order valence-electron chi connectivity index (χ3n) is 2.40. The molecule has 0 N–H and O–H groups in total. The molecule has 0 fully saturated rings. The average Bonchev–Trinajstić information content (AvgIpc) is 2.17. The van der Waals surface area contributed by atoms with E-state index in [1.165, 1.54) is 0 Å². The van der Waals surface area contributed by atoms with Gasteiger partial charge in [-0.3, -0.25) is 4.79 Å². The van der Waals surface area contributed by atoms with Gasteiger partial charge in [0.2, 0.25) is 0 Å². The molecule has 1 nitrogen and oxygen atoms in total. The van der Waals surface area contributed by atoms with Crippen molar-refractivity contribution in [3.8, 4) is 0 Å². The van der Waals surface area contributed by atoms with E-state index < -0.39 is 0 Å². The van der Waals surface area contributed by atoms with Gasteiger partial charge in [0.15, 0.2) is 5.78 Å². The molecule has 1 aromatic carbocycles. The molecule has 0 bridgehead atoms. The van der Waals surface area contributed by atoms with Crippen LogP contribution in [0.1, 0.15) is 37.6 Å². The summed E-state index contributed by atoms with van der Waals surface area (Å²) in [4.78, 5) is 11.8. The number of hydrogen-bond donors (Lipinski definition) is 0. The molecular weight excluding hydrogens is 208 g/mol. The summed E-state index contributed by atoms with van der Waals surface area (Å²) in [5.41, 5.74) is 0.707. The summed E-state index contributed by atoms with van der Waals surface area (Å²) in [6.07, 6.45) is 0.398. The molecule has 0 saturated carbocycles. The van der Waals surface area contributed by atoms with Crippen LogP contribution in [0.5, 0.6) is 0 Å². The summed E-state index contributed by atoms with van der Waals surface area (Å²) in [6, 6.07) is 9.29. The fraction of sp³-hybridized carbons (Fsp3) is 0.462. The normalized spacial score (nSPS) is 13.6. The van der Waals surface area contributed by atoms with Crippen molar-refractivity contribution in [3.05, 3.63) is 35.9 Å². The Bertz CT molecular complexity index is 324. The van der Waals surface area contributed by atoms with Crippen LogP contribution in [-0.2, 0) is 0 Å². The van der Waals surface area contributed by atoms with E-state index in [1.54, 1.807) is 0 Å². The van der Waals surface area contributed by atoms with Crippen LogP contribution < -0.4 is 0 Å². The lowest BCUT2D eigenvalue weighted by Crippen LogP contribution is -2.23. The third-order valence-corrected chi connectivity index (χ3v) is 3.21. The van der Waals surface area contributed by atoms with Crippen molar-refractivity contribution in [2.45, 2.75) is 32.6 Å². The lowest BCUT2D eigenvalue weighted by atomic mass is 9.88. The summed E-state index contributed by atoms with van der Waals surface area (Å²) in [6.45, 7) is 6.13. The number of halogens is 1. The van der Waals surface area contributed by atoms with Crippen LogP contribution in [0.15, 0.2) is 30.3 Å². The summed E-state index contributed by atoms with van der Waals surface area (Å²) < 4.78 is 0. The van der Waals surface area contributed by atoms with Crippen molar-refractivity contribution >= 4 is 17.4 Å². The molecule has 1 atom stereocenters. The Morgan fingerprint density at radius 2 is 1.80 bits per heavy atom. The predicted octanol–water partition coefficient (Wildman–Crippen LogP) is 3.91. The molecule has 0 aliphatic heterocycles. The fourth-order valence-corrected chi connectivity index (χ4v) is 1.35. The molecule has 0 radical (unpaired) electrons. The second-order valence-electron chi connectivity index (χ2n) is 4.83. The van der Waals surface area contributed by atoms with Crippen molar-refractivity contribution in [1.29, 1.82) is 0 Å². The van der Waals surface area contributed by atoms with Gasteiger partial charge in [-0.05, 0) is 5.41 Å². The van der Waals surface area contributed by atoms with Crippen molar-refractivity contribution in [2.75, 3.05) is 0 Å². The first-order valence-electron chi connectivity index (χ1n) is 5.13. The number of benzene rings is 1. The first-order valence-corrected chi connectivity index (χ1v) is 5.57. The standard InChI is InChI=1S/C13H17ClO/c1-13(2,3)12(14)9-11(15)10-7-5-4-6-8-10/h4-8,12H,9H2,1-3H3. The number of Topliss-reactive ketones (excluding diaryl/α,β-unsaturated/α-hetero) is 1. The summed E-state index contributed by atoms with van der Waals surface area (Å²) in [5, 5.41) is -0.120. The second kappa shape index (κ2) is 4.80. The van der Waals surface area contributed by atoms with Gasteiger partial charge in [-0.25, -0.2) is 0 Å². The van der Waals surface area contributed by atoms with Crippen LogP contribution >= 0.6 is 11.6 Å². The van der Waals surface area contributed by atoms with Gasteiger partial charge in [0.1, 0.15) is 0 Å². The van der Waals surface area contributed by atoms with Crippen LogP contribution in [0.25, 0.3) is 0 Å². The first kappa shape index (κ1) is 12.3. The Morgan fingerprint density at radius 3 is 2.27 bits per heavy atom. The number of alkyl halides is 1. The molecule has 2 heteroatoms. The highest BCUT2D eigenvalue weighted by Crippen LogP contribution is 2.28. The smallest absolute Gasteiger partial charge is 0.164 e. The van der Waals surface area contributed by atoms with Crippen molar-refractivity contribution in [3.63, 3.8) is 0 Å². The SMILES string of the molecule is CC(C)(C)C(Cl)CC(=O)c1ccccc1. The Labute approximate surface area is 96.5 Å². The topological polar surface area (TPSA) is 17.1 Å². The number of hydrogen-bond acceptors (Lipinski definition) is 1. The highest BCUT2D eigenvalue weighted by atomic mass is 35.5. The molecular formula is C13H17ClO. The molecule has 1 aromatic rings. The van der Waals surface area contributed by atoms with Crippen LogP contribution in [-0.4, -0.2) is 11.2 Å². The quantitative estimate of drug-likeness (QED) is 0.562. The van der Waals surface area contributed by atoms with Gasteiger partial charge in [0, 0.05) is 17.4 Å². The second-order valence-corrected chi connectivity index (χ2v) is 5.35. The maximum absolute atomic E-state index is 11.8. The minimum atomic E-state index is -0.120. The van der Waals surface area contributed by atoms with E-state index in [9.17, 15) is 4.79 Å². The predicted molar refractivity (Wildman–Crippen MR) is 64.5 cm³/mol. The molecule has 82 valence electrons. The monoisotopic (exact) mass is 224 g/mol. The van der Waals surface area contributed by atoms with E-state index in [1.807, 2.05) is 51.1 Å². The molecule has 0 heterocycles. The largest absolute Gasteiger partial charge is 0.294 e. The van der Waals surface area contributed by atoms with Gasteiger partial charge in [-0.2, -0.15) is 0 Å². The van der Waals surface area contributed by atoms with Gasteiger partial charge in [-0.1, -0.05) is 51.1 Å². The summed E-state index contributed by atoms with van der Waals surface area (Å²) in [5.74, 6) is 0.116. The van der Waals surface area contributed by atoms with E-state index in [0.29, 0.717) is 6.42 Å². The van der Waals surface area contributed by atoms with E-state index in [4.69, 9.17) is 11.6 Å². The third kappa shape index (κ3) is 3.67. The van der Waals surface area contributed by atoms with E-state index >= 15 is 0 Å². The van der Waals surface area contributed by atoms with Gasteiger partial charge in [0.05, 0.1) is 0 Å². The highest BCUT2D eigenvalue weighted by Gasteiger charge is 2.24. The Kier molecular flexibility index (Phi) is 3.92. The Balaban J connectivity index is 2.65. The van der Waals surface area contributed by atoms with Gasteiger partial charge in [-0.15, -0.1) is 11.6 Å². The lowest BCUT2D eigenvalue weighted by molar-refractivity contribution is 0.0968. The molecule has 0 aliphatic carbocycles. The van der Waals surface area contributed by atoms with Gasteiger partial charge in [0.25, 0.3) is 0 Å². The van der Waals surface area contributed by atoms with Crippen molar-refractivity contribution in [2.24, 2.45) is 5.41 Å². The molecule has 1 unspecified atom stereocenters. The minimum Gasteiger partial charge on any atom is -0.294 e. The molecule has 0 saturated heterocycles. The van der Waals surface area contributed by atoms with E-state index in [2.05, 4.69) is 0 Å². The molecule has 0 spiro atoms. The van der Waals surface area contributed by atoms with Gasteiger partial charge < -0.3 is 0 Å². The minimum absolute atomic E-state index is 0.0357. The van der Waals surface area contributed by atoms with Crippen LogP contribution in [0.2, 0.25) is 0 Å². The summed E-state index contributed by atoms with van der Waals surface area (Å²) in [7, 11) is 0. The molecule has 0 aromatic heterocycles. The number of carbonyl (C=O) groups excluding carboxylic acids is 1. The lowest BCUT2D eigenvalue weighted by Gasteiger charge is -2.24. The zero-order valence-electron chi connectivity index (χ0n) is 9.46. The van der Waals surface area contributed by atoms with Crippen LogP contribution in [0, 0.1) is 5.41 Å². The Hall–Kier alpha value is -0.820. The number of rotatable bonds is 3. The number of carbonyl (C=O) groups is 1. The molecule has 1 rings (SSSR count). The van der Waals surface area contributed by atoms with Crippen LogP contribution in [0.4, 0.5) is 0 Å². The van der Waals surface area contributed by atoms with Crippen LogP contribution in [0.3, 0.4) is 0 Å². The van der Waals surface area contributed by atoms with Crippen molar-refractivity contribution in [1.82, 2.24) is 0 Å². The first-order chi connectivity index (χ1) is 6.91. The zero-order valence-corrected chi connectivity index (χ0v) is 10.2. The zero-order chi connectivity index (χ0) is 11.5. The molecule has 0 aliphatic rings. The molecule has 0 amide bonds. The van der Waals surface area contributed by atoms with E-state index in [0.717, 1.165) is 5.56 Å². The number of ketones is 1.